The molecule has 1 unspecified atom stereocenters. The molecule has 0 aliphatic carbocycles. The van der Waals surface area contributed by atoms with Gasteiger partial charge in [-0.05, 0) is 12.1 Å². The highest BCUT2D eigenvalue weighted by Crippen LogP contribution is 2.27. The Morgan fingerprint density at radius 1 is 1.25 bits per heavy atom. The fourth-order valence-electron chi connectivity index (χ4n) is 1.45. The summed E-state index contributed by atoms with van der Waals surface area (Å²) in [4.78, 5) is 3.87. The summed E-state index contributed by atoms with van der Waals surface area (Å²) >= 11 is 5.64. The number of hydrogen-bond acceptors (Lipinski definition) is 2. The van der Waals surface area contributed by atoms with Crippen molar-refractivity contribution in [3.8, 4) is 0 Å². The maximum Gasteiger partial charge on any atom is 0.147 e. The molecule has 82 valence electrons. The van der Waals surface area contributed by atoms with Crippen molar-refractivity contribution >= 4 is 11.6 Å². The van der Waals surface area contributed by atoms with E-state index in [0.29, 0.717) is 5.56 Å². The molecule has 0 saturated carbocycles. The molecule has 2 aromatic rings. The van der Waals surface area contributed by atoms with Crippen molar-refractivity contribution in [2.24, 2.45) is 0 Å². The van der Waals surface area contributed by atoms with Crippen molar-refractivity contribution in [3.63, 3.8) is 0 Å². The van der Waals surface area contributed by atoms with Gasteiger partial charge in [-0.3, -0.25) is 4.98 Å². The summed E-state index contributed by atoms with van der Waals surface area (Å²) in [5.41, 5.74) is 0.684. The van der Waals surface area contributed by atoms with Gasteiger partial charge in [-0.15, -0.1) is 0 Å². The Hall–Kier alpha value is -1.45. The van der Waals surface area contributed by atoms with Gasteiger partial charge >= 0.3 is 0 Å². The Morgan fingerprint density at radius 2 is 2.06 bits per heavy atom. The lowest BCUT2D eigenvalue weighted by Crippen LogP contribution is -2.03. The first kappa shape index (κ1) is 11.0. The van der Waals surface area contributed by atoms with E-state index in [1.54, 1.807) is 24.4 Å². The molecule has 0 spiro atoms. The van der Waals surface area contributed by atoms with E-state index in [1.807, 2.05) is 0 Å². The summed E-state index contributed by atoms with van der Waals surface area (Å²) < 4.78 is 13.6. The molecule has 0 fully saturated rings. The number of pyridine rings is 1. The molecule has 0 saturated heterocycles. The van der Waals surface area contributed by atoms with Crippen molar-refractivity contribution in [2.45, 2.75) is 6.10 Å². The van der Waals surface area contributed by atoms with Gasteiger partial charge < -0.3 is 5.11 Å². The van der Waals surface area contributed by atoms with Crippen LogP contribution in [0.15, 0.2) is 42.7 Å². The van der Waals surface area contributed by atoms with Crippen molar-refractivity contribution < 1.29 is 9.50 Å². The SMILES string of the molecule is OC(c1cccnc1)c1cccc(Cl)c1F. The fraction of sp³-hybridized carbons (Fsp3) is 0.0833. The summed E-state index contributed by atoms with van der Waals surface area (Å²) in [7, 11) is 0. The summed E-state index contributed by atoms with van der Waals surface area (Å²) in [5.74, 6) is -0.597. The van der Waals surface area contributed by atoms with E-state index >= 15 is 0 Å². The van der Waals surface area contributed by atoms with Gasteiger partial charge in [0.1, 0.15) is 11.9 Å². The Balaban J connectivity index is 2.42. The van der Waals surface area contributed by atoms with Gasteiger partial charge in [-0.2, -0.15) is 0 Å². The zero-order valence-corrected chi connectivity index (χ0v) is 9.03. The zero-order chi connectivity index (χ0) is 11.5. The number of benzene rings is 1. The second-order valence-corrected chi connectivity index (χ2v) is 3.74. The van der Waals surface area contributed by atoms with Gasteiger partial charge in [-0.25, -0.2) is 4.39 Å². The Labute approximate surface area is 97.3 Å². The molecular weight excluding hydrogens is 229 g/mol. The van der Waals surface area contributed by atoms with Crippen LogP contribution < -0.4 is 0 Å². The summed E-state index contributed by atoms with van der Waals surface area (Å²) in [5, 5.41) is 9.96. The minimum absolute atomic E-state index is 0.000408. The number of halogens is 2. The van der Waals surface area contributed by atoms with Gasteiger partial charge in [0.2, 0.25) is 0 Å². The number of aliphatic hydroxyl groups is 1. The molecule has 2 rings (SSSR count). The lowest BCUT2D eigenvalue weighted by molar-refractivity contribution is 0.214. The van der Waals surface area contributed by atoms with Gasteiger partial charge in [0, 0.05) is 23.5 Å². The average Bonchev–Trinajstić information content (AvgIpc) is 2.33. The molecule has 0 amide bonds. The molecule has 4 heteroatoms. The number of nitrogens with zero attached hydrogens (tertiary/aromatic N) is 1. The lowest BCUT2D eigenvalue weighted by atomic mass is 10.0. The number of hydrogen-bond donors (Lipinski definition) is 1. The lowest BCUT2D eigenvalue weighted by Gasteiger charge is -2.12. The first-order valence-corrected chi connectivity index (χ1v) is 5.10. The van der Waals surface area contributed by atoms with Gasteiger partial charge in [0.15, 0.2) is 0 Å². The first-order chi connectivity index (χ1) is 7.70. The van der Waals surface area contributed by atoms with E-state index in [1.165, 1.54) is 18.3 Å². The molecule has 1 aromatic carbocycles. The third-order valence-electron chi connectivity index (χ3n) is 2.28. The summed E-state index contributed by atoms with van der Waals surface area (Å²) in [6.45, 7) is 0. The van der Waals surface area contributed by atoms with E-state index in [2.05, 4.69) is 4.98 Å². The predicted octanol–water partition coefficient (Wildman–Crippen LogP) is 2.96. The van der Waals surface area contributed by atoms with Crippen LogP contribution in [0.5, 0.6) is 0 Å². The quantitative estimate of drug-likeness (QED) is 0.871. The van der Waals surface area contributed by atoms with E-state index in [0.717, 1.165) is 0 Å². The molecule has 1 atom stereocenters. The van der Waals surface area contributed by atoms with Crippen LogP contribution in [-0.2, 0) is 0 Å². The zero-order valence-electron chi connectivity index (χ0n) is 8.27. The maximum atomic E-state index is 13.6. The highest BCUT2D eigenvalue weighted by molar-refractivity contribution is 6.30. The van der Waals surface area contributed by atoms with Crippen molar-refractivity contribution in [1.82, 2.24) is 4.98 Å². The van der Waals surface area contributed by atoms with Crippen molar-refractivity contribution in [1.29, 1.82) is 0 Å². The smallest absolute Gasteiger partial charge is 0.147 e. The van der Waals surface area contributed by atoms with Gasteiger partial charge in [-0.1, -0.05) is 29.8 Å². The van der Waals surface area contributed by atoms with E-state index < -0.39 is 11.9 Å². The molecule has 1 N–H and O–H groups in total. The molecule has 2 nitrogen and oxygen atoms in total. The molecule has 16 heavy (non-hydrogen) atoms. The molecule has 0 radical (unpaired) electrons. The number of rotatable bonds is 2. The monoisotopic (exact) mass is 237 g/mol. The van der Waals surface area contributed by atoms with Gasteiger partial charge in [0.25, 0.3) is 0 Å². The predicted molar refractivity (Wildman–Crippen MR) is 59.7 cm³/mol. The molecule has 1 aromatic heterocycles. The minimum Gasteiger partial charge on any atom is -0.383 e. The van der Waals surface area contributed by atoms with Crippen molar-refractivity contribution in [3.05, 3.63) is 64.7 Å². The summed E-state index contributed by atoms with van der Waals surface area (Å²) in [6.07, 6.45) is 2.03. The van der Waals surface area contributed by atoms with Crippen LogP contribution in [0.25, 0.3) is 0 Å². The third kappa shape index (κ3) is 2.05. The standard InChI is InChI=1S/C12H9ClFNO/c13-10-5-1-4-9(11(10)14)12(16)8-3-2-6-15-7-8/h1-7,12,16H. The Bertz CT molecular complexity index is 490. The second kappa shape index (κ2) is 4.60. The van der Waals surface area contributed by atoms with Crippen LogP contribution in [0.3, 0.4) is 0 Å². The van der Waals surface area contributed by atoms with Crippen molar-refractivity contribution in [2.75, 3.05) is 0 Å². The normalized spacial score (nSPS) is 12.4. The third-order valence-corrected chi connectivity index (χ3v) is 2.57. The van der Waals surface area contributed by atoms with Crippen LogP contribution in [0.1, 0.15) is 17.2 Å². The minimum atomic E-state index is -1.05. The van der Waals surface area contributed by atoms with E-state index in [-0.39, 0.29) is 10.6 Å². The molecule has 0 bridgehead atoms. The van der Waals surface area contributed by atoms with Gasteiger partial charge in [0.05, 0.1) is 5.02 Å². The molecule has 0 aliphatic rings. The van der Waals surface area contributed by atoms with E-state index in [9.17, 15) is 9.50 Å². The first-order valence-electron chi connectivity index (χ1n) is 4.72. The molecular formula is C12H9ClFNO. The van der Waals surface area contributed by atoms with Crippen LogP contribution in [0.4, 0.5) is 4.39 Å². The Morgan fingerprint density at radius 3 is 2.75 bits per heavy atom. The molecule has 0 aliphatic heterocycles. The largest absolute Gasteiger partial charge is 0.383 e. The maximum absolute atomic E-state index is 13.6. The fourth-order valence-corrected chi connectivity index (χ4v) is 1.63. The van der Waals surface area contributed by atoms with E-state index in [4.69, 9.17) is 11.6 Å². The Kier molecular flexibility index (Phi) is 3.17. The number of aliphatic hydroxyl groups excluding tert-OH is 1. The number of aromatic nitrogens is 1. The summed E-state index contributed by atoms with van der Waals surface area (Å²) in [6, 6.07) is 7.90. The van der Waals surface area contributed by atoms with Crippen LogP contribution in [0, 0.1) is 5.82 Å². The highest BCUT2D eigenvalue weighted by Gasteiger charge is 2.16. The van der Waals surface area contributed by atoms with Crippen LogP contribution in [0.2, 0.25) is 5.02 Å². The average molecular weight is 238 g/mol. The highest BCUT2D eigenvalue weighted by atomic mass is 35.5. The second-order valence-electron chi connectivity index (χ2n) is 3.33. The molecule has 1 heterocycles. The van der Waals surface area contributed by atoms with Crippen LogP contribution >= 0.6 is 11.6 Å². The van der Waals surface area contributed by atoms with Crippen LogP contribution in [-0.4, -0.2) is 10.1 Å². The topological polar surface area (TPSA) is 33.1 Å².